The summed E-state index contributed by atoms with van der Waals surface area (Å²) in [5.41, 5.74) is 6.19. The van der Waals surface area contributed by atoms with Crippen molar-refractivity contribution in [1.82, 2.24) is 4.40 Å². The number of aromatic nitrogens is 1. The Bertz CT molecular complexity index is 505. The Labute approximate surface area is 90.7 Å². The number of aryl methyl sites for hydroxylation is 1. The van der Waals surface area contributed by atoms with Gasteiger partial charge in [0.05, 0.1) is 0 Å². The minimum absolute atomic E-state index is 0.635. The number of hydrogen-bond donors (Lipinski definition) is 0. The molecular weight excluding hydrogens is 182 g/mol. The molecule has 2 heterocycles. The molecule has 1 nitrogen and oxygen atoms in total. The van der Waals surface area contributed by atoms with E-state index in [2.05, 4.69) is 42.8 Å². The van der Waals surface area contributed by atoms with Crippen LogP contribution in [0, 0.1) is 0 Å². The predicted octanol–water partition coefficient (Wildman–Crippen LogP) is 3.55. The Balaban J connectivity index is 2.40. The fourth-order valence-corrected chi connectivity index (χ4v) is 2.92. The molecule has 1 heteroatoms. The Kier molecular flexibility index (Phi) is 1.88. The zero-order valence-electron chi connectivity index (χ0n) is 9.46. The van der Waals surface area contributed by atoms with Crippen LogP contribution in [0.3, 0.4) is 0 Å². The van der Waals surface area contributed by atoms with Crippen LogP contribution in [0.15, 0.2) is 24.5 Å². The average Bonchev–Trinajstić information content (AvgIpc) is 2.79. The fourth-order valence-electron chi connectivity index (χ4n) is 2.92. The van der Waals surface area contributed by atoms with Crippen molar-refractivity contribution in [1.29, 1.82) is 0 Å². The quantitative estimate of drug-likeness (QED) is 0.661. The van der Waals surface area contributed by atoms with Crippen LogP contribution in [0.2, 0.25) is 0 Å². The molecule has 3 rings (SSSR count). The van der Waals surface area contributed by atoms with Gasteiger partial charge in [0.15, 0.2) is 0 Å². The van der Waals surface area contributed by atoms with Crippen LogP contribution in [0.25, 0.3) is 5.52 Å². The summed E-state index contributed by atoms with van der Waals surface area (Å²) >= 11 is 0. The number of nitrogens with zero attached hydrogens (tertiary/aromatic N) is 1. The van der Waals surface area contributed by atoms with E-state index in [0.717, 1.165) is 0 Å². The molecule has 0 radical (unpaired) electrons. The molecule has 0 atom stereocenters. The molecule has 2 aromatic heterocycles. The molecule has 0 aromatic carbocycles. The summed E-state index contributed by atoms with van der Waals surface area (Å²) in [7, 11) is 0. The van der Waals surface area contributed by atoms with Crippen LogP contribution in [-0.4, -0.2) is 4.40 Å². The third-order valence-corrected chi connectivity index (χ3v) is 3.51. The van der Waals surface area contributed by atoms with E-state index in [1.165, 1.54) is 24.8 Å². The molecule has 1 aliphatic carbocycles. The van der Waals surface area contributed by atoms with Crippen LogP contribution in [-0.2, 0) is 12.8 Å². The first-order valence-corrected chi connectivity index (χ1v) is 5.88. The molecule has 0 N–H and O–H groups in total. The van der Waals surface area contributed by atoms with E-state index in [4.69, 9.17) is 0 Å². The third-order valence-electron chi connectivity index (χ3n) is 3.51. The van der Waals surface area contributed by atoms with Gasteiger partial charge in [-0.2, -0.15) is 0 Å². The SMILES string of the molecule is CC(C)c1c2c(cn3cccc13)CCC2. The summed E-state index contributed by atoms with van der Waals surface area (Å²) in [6.07, 6.45) is 8.37. The fraction of sp³-hybridized carbons (Fsp3) is 0.429. The van der Waals surface area contributed by atoms with Gasteiger partial charge in [0.2, 0.25) is 0 Å². The van der Waals surface area contributed by atoms with Gasteiger partial charge in [-0.15, -0.1) is 0 Å². The minimum atomic E-state index is 0.635. The first-order valence-electron chi connectivity index (χ1n) is 5.88. The van der Waals surface area contributed by atoms with E-state index in [1.807, 2.05) is 0 Å². The zero-order valence-corrected chi connectivity index (χ0v) is 9.46. The molecule has 15 heavy (non-hydrogen) atoms. The van der Waals surface area contributed by atoms with Crippen molar-refractivity contribution in [3.8, 4) is 0 Å². The van der Waals surface area contributed by atoms with Crippen molar-refractivity contribution >= 4 is 5.52 Å². The third kappa shape index (κ3) is 1.22. The maximum Gasteiger partial charge on any atom is 0.0487 e. The molecule has 0 aliphatic heterocycles. The van der Waals surface area contributed by atoms with Gasteiger partial charge < -0.3 is 4.40 Å². The Hall–Kier alpha value is -1.24. The molecule has 0 spiro atoms. The van der Waals surface area contributed by atoms with Gasteiger partial charge in [0, 0.05) is 17.9 Å². The maximum absolute atomic E-state index is 2.32. The number of hydrogen-bond acceptors (Lipinski definition) is 0. The lowest BCUT2D eigenvalue weighted by molar-refractivity contribution is 0.841. The maximum atomic E-state index is 2.32. The second kappa shape index (κ2) is 3.13. The summed E-state index contributed by atoms with van der Waals surface area (Å²) in [6, 6.07) is 4.39. The predicted molar refractivity (Wildman–Crippen MR) is 63.5 cm³/mol. The highest BCUT2D eigenvalue weighted by Gasteiger charge is 2.19. The highest BCUT2D eigenvalue weighted by molar-refractivity contribution is 5.62. The van der Waals surface area contributed by atoms with Gasteiger partial charge in [-0.3, -0.25) is 0 Å². The normalized spacial score (nSPS) is 15.1. The van der Waals surface area contributed by atoms with Crippen molar-refractivity contribution < 1.29 is 0 Å². The highest BCUT2D eigenvalue weighted by atomic mass is 14.9. The summed E-state index contributed by atoms with van der Waals surface area (Å²) in [4.78, 5) is 0. The van der Waals surface area contributed by atoms with Crippen LogP contribution < -0.4 is 0 Å². The van der Waals surface area contributed by atoms with E-state index < -0.39 is 0 Å². The number of rotatable bonds is 1. The van der Waals surface area contributed by atoms with Gasteiger partial charge in [0.25, 0.3) is 0 Å². The van der Waals surface area contributed by atoms with Crippen molar-refractivity contribution in [3.63, 3.8) is 0 Å². The molecule has 0 saturated heterocycles. The zero-order chi connectivity index (χ0) is 10.4. The van der Waals surface area contributed by atoms with E-state index in [1.54, 1.807) is 16.7 Å². The monoisotopic (exact) mass is 199 g/mol. The molecule has 0 saturated carbocycles. The summed E-state index contributed by atoms with van der Waals surface area (Å²) < 4.78 is 2.29. The van der Waals surface area contributed by atoms with E-state index in [0.29, 0.717) is 5.92 Å². The first-order chi connectivity index (χ1) is 7.27. The lowest BCUT2D eigenvalue weighted by atomic mass is 9.95. The molecule has 0 unspecified atom stereocenters. The highest BCUT2D eigenvalue weighted by Crippen LogP contribution is 2.33. The molecule has 0 amide bonds. The van der Waals surface area contributed by atoms with E-state index in [9.17, 15) is 0 Å². The Morgan fingerprint density at radius 3 is 2.93 bits per heavy atom. The molecule has 78 valence electrons. The van der Waals surface area contributed by atoms with Crippen LogP contribution in [0.5, 0.6) is 0 Å². The molecule has 2 aromatic rings. The Morgan fingerprint density at radius 2 is 2.13 bits per heavy atom. The van der Waals surface area contributed by atoms with Crippen molar-refractivity contribution in [2.75, 3.05) is 0 Å². The van der Waals surface area contributed by atoms with Gasteiger partial charge in [-0.25, -0.2) is 0 Å². The van der Waals surface area contributed by atoms with E-state index in [-0.39, 0.29) is 0 Å². The molecule has 0 bridgehead atoms. The van der Waals surface area contributed by atoms with Gasteiger partial charge in [-0.1, -0.05) is 13.8 Å². The van der Waals surface area contributed by atoms with Gasteiger partial charge >= 0.3 is 0 Å². The standard InChI is InChI=1S/C14H17N/c1-10(2)14-12-6-3-5-11(12)9-15-8-4-7-13(14)15/h4,7-10H,3,5-6H2,1-2H3. The lowest BCUT2D eigenvalue weighted by Gasteiger charge is -2.14. The molecule has 1 aliphatic rings. The van der Waals surface area contributed by atoms with Gasteiger partial charge in [0.1, 0.15) is 0 Å². The topological polar surface area (TPSA) is 4.41 Å². The Morgan fingerprint density at radius 1 is 1.27 bits per heavy atom. The van der Waals surface area contributed by atoms with Crippen LogP contribution in [0.4, 0.5) is 0 Å². The number of pyridine rings is 1. The van der Waals surface area contributed by atoms with Crippen LogP contribution >= 0.6 is 0 Å². The first kappa shape index (κ1) is 9.02. The van der Waals surface area contributed by atoms with Crippen molar-refractivity contribution in [3.05, 3.63) is 41.2 Å². The molecular formula is C14H17N. The van der Waals surface area contributed by atoms with Crippen molar-refractivity contribution in [2.24, 2.45) is 0 Å². The van der Waals surface area contributed by atoms with Crippen LogP contribution in [0.1, 0.15) is 42.9 Å². The second-order valence-electron chi connectivity index (χ2n) is 4.86. The summed E-state index contributed by atoms with van der Waals surface area (Å²) in [5.74, 6) is 0.635. The van der Waals surface area contributed by atoms with Crippen molar-refractivity contribution in [2.45, 2.75) is 39.0 Å². The number of fused-ring (bicyclic) bond motifs is 2. The smallest absolute Gasteiger partial charge is 0.0487 e. The largest absolute Gasteiger partial charge is 0.323 e. The van der Waals surface area contributed by atoms with E-state index >= 15 is 0 Å². The summed E-state index contributed by atoms with van der Waals surface area (Å²) in [5, 5.41) is 0. The second-order valence-corrected chi connectivity index (χ2v) is 4.86. The average molecular weight is 199 g/mol. The minimum Gasteiger partial charge on any atom is -0.323 e. The van der Waals surface area contributed by atoms with Gasteiger partial charge in [-0.05, 0) is 54.0 Å². The summed E-state index contributed by atoms with van der Waals surface area (Å²) in [6.45, 7) is 4.61. The lowest BCUT2D eigenvalue weighted by Crippen LogP contribution is -2.00. The molecule has 0 fully saturated rings.